The van der Waals surface area contributed by atoms with Crippen LogP contribution in [0.2, 0.25) is 9.94 Å². The van der Waals surface area contributed by atoms with Crippen molar-refractivity contribution in [3.05, 3.63) is 24.3 Å². The van der Waals surface area contributed by atoms with E-state index >= 15 is 0 Å². The van der Waals surface area contributed by atoms with Crippen LogP contribution in [0.1, 0.15) is 27.7 Å². The summed E-state index contributed by atoms with van der Waals surface area (Å²) < 4.78 is 22.4. The number of hydrogen-bond acceptors (Lipinski definition) is 6. The molecule has 0 aliphatic carbocycles. The Morgan fingerprint density at radius 2 is 1.14 bits per heavy atom. The Morgan fingerprint density at radius 1 is 0.857 bits per heavy atom. The van der Waals surface area contributed by atoms with Crippen molar-refractivity contribution in [2.45, 2.75) is 37.6 Å². The summed E-state index contributed by atoms with van der Waals surface area (Å²) in [6, 6.07) is 0. The molecule has 0 aromatic rings. The maximum absolute atomic E-state index is 12.0. The van der Waals surface area contributed by atoms with Gasteiger partial charge in [0.25, 0.3) is 0 Å². The van der Waals surface area contributed by atoms with E-state index in [-0.39, 0.29) is 24.4 Å². The quantitative estimate of drug-likeness (QED) is 0.446. The van der Waals surface area contributed by atoms with Crippen molar-refractivity contribution in [1.29, 1.82) is 0 Å². The molecule has 0 unspecified atom stereocenters. The molecule has 21 heavy (non-hydrogen) atoms. The van der Waals surface area contributed by atoms with Crippen LogP contribution in [-0.4, -0.2) is 42.2 Å². The van der Waals surface area contributed by atoms with Crippen molar-refractivity contribution in [3.8, 4) is 0 Å². The van der Waals surface area contributed by atoms with Crippen LogP contribution in [-0.2, 0) is 22.0 Å². The Balaban J connectivity index is 6.01. The Morgan fingerprint density at radius 3 is 1.33 bits per heavy atom. The van der Waals surface area contributed by atoms with Gasteiger partial charge in [-0.1, -0.05) is 0 Å². The molecule has 0 aromatic carbocycles. The first-order chi connectivity index (χ1) is 9.33. The van der Waals surface area contributed by atoms with Crippen molar-refractivity contribution in [3.63, 3.8) is 0 Å². The van der Waals surface area contributed by atoms with E-state index in [2.05, 4.69) is 13.2 Å². The summed E-state index contributed by atoms with van der Waals surface area (Å²) in [4.78, 5) is 26.9. The Kier molecular flexibility index (Phi) is 5.84. The van der Waals surface area contributed by atoms with Crippen LogP contribution in [0.15, 0.2) is 24.3 Å². The first kappa shape index (κ1) is 20.1. The molecular weight excluding hydrogens is 392 g/mol. The van der Waals surface area contributed by atoms with Crippen LogP contribution in [0.25, 0.3) is 0 Å². The summed E-state index contributed by atoms with van der Waals surface area (Å²) in [5.41, 5.74) is 0.303. The fraction of sp³-hybridized carbons (Fsp3) is 0.571. The minimum atomic E-state index is -5.80. The first-order valence-electron chi connectivity index (χ1n) is 6.50. The van der Waals surface area contributed by atoms with E-state index in [0.29, 0.717) is 0 Å². The molecule has 0 radical (unpaired) electrons. The molecule has 0 N–H and O–H groups in total. The monoisotopic (exact) mass is 420 g/mol. The zero-order chi connectivity index (χ0) is 17.0. The summed E-state index contributed by atoms with van der Waals surface area (Å²) >= 11 is -5.80. The number of carbonyl (C=O) groups is 2. The van der Waals surface area contributed by atoms with Gasteiger partial charge in [0.1, 0.15) is 0 Å². The average Bonchev–Trinajstić information content (AvgIpc) is 2.27. The molecule has 0 bridgehead atoms. The van der Waals surface area contributed by atoms with Gasteiger partial charge in [-0.2, -0.15) is 0 Å². The van der Waals surface area contributed by atoms with Crippen molar-refractivity contribution in [2.24, 2.45) is 0 Å². The summed E-state index contributed by atoms with van der Waals surface area (Å²) in [7, 11) is 0. The summed E-state index contributed by atoms with van der Waals surface area (Å²) in [5, 5.41) is 0. The topological polar surface area (TPSA) is 71.1 Å². The van der Waals surface area contributed by atoms with E-state index in [9.17, 15) is 9.59 Å². The fourth-order valence-corrected chi connectivity index (χ4v) is 10.3. The van der Waals surface area contributed by atoms with Gasteiger partial charge in [0.05, 0.1) is 0 Å². The third-order valence-electron chi connectivity index (χ3n) is 2.38. The van der Waals surface area contributed by atoms with Gasteiger partial charge in [-0.15, -0.1) is 0 Å². The maximum atomic E-state index is 12.0. The van der Waals surface area contributed by atoms with Gasteiger partial charge in [0, 0.05) is 0 Å². The molecule has 0 rings (SSSR count). The normalized spacial score (nSPS) is 14.6. The zero-order valence-electron chi connectivity index (χ0n) is 13.7. The molecule has 7 heteroatoms. The molecule has 0 saturated heterocycles. The molecule has 0 heterocycles. The molecule has 0 fully saturated rings. The van der Waals surface area contributed by atoms with Crippen LogP contribution < -0.4 is 0 Å². The van der Waals surface area contributed by atoms with E-state index < -0.39 is 29.0 Å². The zero-order valence-corrected chi connectivity index (χ0v) is 16.0. The second kappa shape index (κ2) is 6.09. The molecule has 0 amide bonds. The van der Waals surface area contributed by atoms with Crippen molar-refractivity contribution >= 4 is 29.0 Å². The van der Waals surface area contributed by atoms with Crippen molar-refractivity contribution in [2.75, 3.05) is 13.2 Å². The van der Waals surface area contributed by atoms with Gasteiger partial charge in [0.15, 0.2) is 0 Å². The van der Waals surface area contributed by atoms with Gasteiger partial charge >= 0.3 is 126 Å². The van der Waals surface area contributed by atoms with E-state index in [4.69, 9.17) is 12.4 Å². The van der Waals surface area contributed by atoms with Crippen LogP contribution in [0.4, 0.5) is 0 Å². The summed E-state index contributed by atoms with van der Waals surface area (Å²) in [6.45, 7) is 13.7. The van der Waals surface area contributed by atoms with Gasteiger partial charge < -0.3 is 0 Å². The number of rotatable bonds is 8. The number of carbonyl (C=O) groups excluding carboxylic acids is 2. The number of hydrogen-bond donors (Lipinski definition) is 0. The SMILES string of the molecule is C=C(C)C(=O)O[Te](C)(C)(OCC)(OCC)OC(=O)C(=C)C. The Hall–Kier alpha value is -0.870. The van der Waals surface area contributed by atoms with Gasteiger partial charge in [-0.05, 0) is 0 Å². The molecule has 124 valence electrons. The third-order valence-corrected chi connectivity index (χ3v) is 12.0. The third kappa shape index (κ3) is 5.11. The first-order valence-corrected chi connectivity index (χ1v) is 15.0. The molecule has 0 atom stereocenters. The van der Waals surface area contributed by atoms with Crippen LogP contribution in [0.3, 0.4) is 0 Å². The van der Waals surface area contributed by atoms with E-state index in [0.717, 1.165) is 0 Å². The molecule has 0 aliphatic heterocycles. The van der Waals surface area contributed by atoms with Crippen molar-refractivity contribution < 1.29 is 22.0 Å². The molecule has 0 aromatic heterocycles. The van der Waals surface area contributed by atoms with Gasteiger partial charge in [-0.3, -0.25) is 0 Å². The summed E-state index contributed by atoms with van der Waals surface area (Å²) in [5.74, 6) is -1.47. The molecule has 0 aliphatic rings. The van der Waals surface area contributed by atoms with E-state index in [1.165, 1.54) is 23.8 Å². The predicted octanol–water partition coefficient (Wildman–Crippen LogP) is 2.90. The average molecular weight is 418 g/mol. The van der Waals surface area contributed by atoms with E-state index in [1.807, 2.05) is 0 Å². The van der Waals surface area contributed by atoms with Gasteiger partial charge in [0.2, 0.25) is 0 Å². The van der Waals surface area contributed by atoms with Crippen molar-refractivity contribution in [1.82, 2.24) is 0 Å². The molecule has 0 spiro atoms. The summed E-state index contributed by atoms with van der Waals surface area (Å²) in [6.07, 6.45) is 0. The van der Waals surface area contributed by atoms with Crippen LogP contribution in [0.5, 0.6) is 0 Å². The minimum absolute atomic E-state index is 0.144. The Labute approximate surface area is 126 Å². The fourth-order valence-electron chi connectivity index (χ4n) is 1.54. The Bertz CT molecular complexity index is 448. The van der Waals surface area contributed by atoms with Crippen LogP contribution >= 0.6 is 0 Å². The van der Waals surface area contributed by atoms with Gasteiger partial charge in [-0.25, -0.2) is 0 Å². The molecular formula is C14H26O6Te. The van der Waals surface area contributed by atoms with Crippen LogP contribution in [0, 0.1) is 0 Å². The second-order valence-corrected chi connectivity index (χ2v) is 19.8. The second-order valence-electron chi connectivity index (χ2n) is 5.27. The molecule has 6 nitrogen and oxygen atoms in total. The van der Waals surface area contributed by atoms with E-state index in [1.54, 1.807) is 13.8 Å². The standard InChI is InChI=1S/C14H26O6Te/c1-9-17-21(7,8,18-10-2,19-13(15)11(3)4)20-14(16)12(5)6/h3,5,9-10H2,1-2,4,6-8H3. The molecule has 0 saturated carbocycles. The predicted molar refractivity (Wildman–Crippen MR) is 82.5 cm³/mol.